The third kappa shape index (κ3) is 4.24. The average molecular weight is 468 g/mol. The average Bonchev–Trinajstić information content (AvgIpc) is 3.41. The minimum absolute atomic E-state index is 0.0476. The molecule has 0 bridgehead atoms. The lowest BCUT2D eigenvalue weighted by Crippen LogP contribution is -2.12. The maximum atomic E-state index is 14.2. The molecular formula is C21H13F5N2O3S. The van der Waals surface area contributed by atoms with E-state index in [4.69, 9.17) is 4.42 Å². The Labute approximate surface area is 178 Å². The van der Waals surface area contributed by atoms with Crippen molar-refractivity contribution < 1.29 is 34.8 Å². The quantitative estimate of drug-likeness (QED) is 0.351. The van der Waals surface area contributed by atoms with E-state index in [9.17, 15) is 30.4 Å². The summed E-state index contributed by atoms with van der Waals surface area (Å²) < 4.78 is 98.6. The van der Waals surface area contributed by atoms with Crippen LogP contribution in [0.15, 0.2) is 76.6 Å². The molecule has 2 heterocycles. The number of anilines is 1. The van der Waals surface area contributed by atoms with Gasteiger partial charge >= 0.3 is 6.18 Å². The van der Waals surface area contributed by atoms with Crippen molar-refractivity contribution in [1.29, 1.82) is 0 Å². The van der Waals surface area contributed by atoms with Crippen molar-refractivity contribution in [3.8, 4) is 22.4 Å². The third-order valence-corrected chi connectivity index (χ3v) is 5.97. The second kappa shape index (κ2) is 7.83. The van der Waals surface area contributed by atoms with Crippen LogP contribution in [0.3, 0.4) is 0 Å². The Hall–Kier alpha value is -3.60. The van der Waals surface area contributed by atoms with Gasteiger partial charge in [-0.15, -0.1) is 0 Å². The first-order chi connectivity index (χ1) is 15.0. The van der Waals surface area contributed by atoms with E-state index in [1.807, 2.05) is 0 Å². The third-order valence-electron chi connectivity index (χ3n) is 4.61. The molecule has 0 atom stereocenters. The van der Waals surface area contributed by atoms with Crippen molar-refractivity contribution in [2.45, 2.75) is 11.1 Å². The molecule has 0 fully saturated rings. The summed E-state index contributed by atoms with van der Waals surface area (Å²) in [7, 11) is -3.97. The summed E-state index contributed by atoms with van der Waals surface area (Å²) in [6.07, 6.45) is -0.853. The van der Waals surface area contributed by atoms with Gasteiger partial charge in [-0.2, -0.15) is 13.2 Å². The Morgan fingerprint density at radius 3 is 2.25 bits per heavy atom. The number of nitrogens with one attached hydrogen (secondary N) is 2. The smallest absolute Gasteiger partial charge is 0.419 e. The number of aromatic amines is 1. The molecule has 166 valence electrons. The van der Waals surface area contributed by atoms with Crippen LogP contribution < -0.4 is 4.72 Å². The van der Waals surface area contributed by atoms with Crippen molar-refractivity contribution in [3.63, 3.8) is 0 Å². The maximum absolute atomic E-state index is 14.2. The van der Waals surface area contributed by atoms with Gasteiger partial charge in [-0.3, -0.25) is 4.72 Å². The molecule has 11 heteroatoms. The molecule has 0 radical (unpaired) electrons. The van der Waals surface area contributed by atoms with Gasteiger partial charge in [0.25, 0.3) is 10.0 Å². The Kier molecular flexibility index (Phi) is 5.29. The van der Waals surface area contributed by atoms with Crippen LogP contribution in [0, 0.1) is 11.6 Å². The second-order valence-corrected chi connectivity index (χ2v) is 8.44. The molecule has 4 aromatic rings. The zero-order valence-corrected chi connectivity index (χ0v) is 16.7. The highest BCUT2D eigenvalue weighted by Crippen LogP contribution is 2.35. The molecule has 32 heavy (non-hydrogen) atoms. The minimum atomic E-state index is -5.03. The van der Waals surface area contributed by atoms with Gasteiger partial charge in [0.1, 0.15) is 16.5 Å². The second-order valence-electron chi connectivity index (χ2n) is 6.75. The van der Waals surface area contributed by atoms with Crippen molar-refractivity contribution in [3.05, 3.63) is 84.5 Å². The van der Waals surface area contributed by atoms with E-state index in [0.29, 0.717) is 17.3 Å². The van der Waals surface area contributed by atoms with E-state index in [2.05, 4.69) is 9.71 Å². The first kappa shape index (κ1) is 21.6. The van der Waals surface area contributed by atoms with Crippen LogP contribution in [0.1, 0.15) is 5.56 Å². The number of benzene rings is 2. The van der Waals surface area contributed by atoms with E-state index in [-0.39, 0.29) is 27.8 Å². The molecule has 0 saturated heterocycles. The van der Waals surface area contributed by atoms with Crippen LogP contribution in [0.2, 0.25) is 0 Å². The fraction of sp³-hybridized carbons (Fsp3) is 0.0476. The zero-order valence-electron chi connectivity index (χ0n) is 15.9. The summed E-state index contributed by atoms with van der Waals surface area (Å²) in [4.78, 5) is 2.77. The molecule has 2 aromatic carbocycles. The molecule has 0 amide bonds. The van der Waals surface area contributed by atoms with E-state index in [1.165, 1.54) is 49.1 Å². The number of H-pyrrole nitrogens is 1. The number of hydrogen-bond donors (Lipinski definition) is 2. The Morgan fingerprint density at radius 1 is 0.906 bits per heavy atom. The fourth-order valence-corrected chi connectivity index (χ4v) is 4.08. The van der Waals surface area contributed by atoms with Crippen molar-refractivity contribution in [2.75, 3.05) is 4.72 Å². The van der Waals surface area contributed by atoms with Gasteiger partial charge in [-0.05, 0) is 42.0 Å². The van der Waals surface area contributed by atoms with Crippen LogP contribution in [-0.4, -0.2) is 13.4 Å². The van der Waals surface area contributed by atoms with Gasteiger partial charge in [-0.25, -0.2) is 17.2 Å². The van der Waals surface area contributed by atoms with E-state index in [1.54, 1.807) is 6.07 Å². The highest BCUT2D eigenvalue weighted by Gasteiger charge is 2.35. The van der Waals surface area contributed by atoms with Crippen molar-refractivity contribution in [2.24, 2.45) is 0 Å². The maximum Gasteiger partial charge on any atom is 0.419 e. The number of rotatable bonds is 5. The topological polar surface area (TPSA) is 75.1 Å². The van der Waals surface area contributed by atoms with E-state index in [0.717, 1.165) is 0 Å². The summed E-state index contributed by atoms with van der Waals surface area (Å²) in [6, 6.07) is 8.68. The van der Waals surface area contributed by atoms with Crippen LogP contribution in [-0.2, 0) is 16.2 Å². The predicted octanol–water partition coefficient (Wildman–Crippen LogP) is 6.04. The summed E-state index contributed by atoms with van der Waals surface area (Å²) in [5, 5.41) is 0. The molecule has 0 aliphatic rings. The number of sulfonamides is 1. The zero-order chi connectivity index (χ0) is 23.1. The van der Waals surface area contributed by atoms with Crippen molar-refractivity contribution in [1.82, 2.24) is 4.98 Å². The minimum Gasteiger partial charge on any atom is -0.472 e. The molecule has 0 aliphatic carbocycles. The van der Waals surface area contributed by atoms with Crippen LogP contribution in [0.25, 0.3) is 22.4 Å². The number of furan rings is 1. The summed E-state index contributed by atoms with van der Waals surface area (Å²) in [6.45, 7) is 0. The first-order valence-electron chi connectivity index (χ1n) is 8.95. The largest absolute Gasteiger partial charge is 0.472 e. The van der Waals surface area contributed by atoms with Gasteiger partial charge < -0.3 is 9.40 Å². The van der Waals surface area contributed by atoms with Gasteiger partial charge in [0.2, 0.25) is 0 Å². The number of halogens is 5. The van der Waals surface area contributed by atoms with Crippen molar-refractivity contribution >= 4 is 15.7 Å². The Morgan fingerprint density at radius 2 is 1.62 bits per heavy atom. The fourth-order valence-electron chi connectivity index (χ4n) is 3.03. The normalized spacial score (nSPS) is 12.2. The lowest BCUT2D eigenvalue weighted by molar-refractivity contribution is -0.140. The Balaban J connectivity index is 1.56. The highest BCUT2D eigenvalue weighted by atomic mass is 32.2. The summed E-state index contributed by atoms with van der Waals surface area (Å²) in [5.41, 5.74) is -0.727. The number of hydrogen-bond acceptors (Lipinski definition) is 3. The van der Waals surface area contributed by atoms with Crippen LogP contribution in [0.5, 0.6) is 0 Å². The molecule has 0 unspecified atom stereocenters. The van der Waals surface area contributed by atoms with E-state index >= 15 is 0 Å². The SMILES string of the molecule is O=S(=O)(Nc1ccc(-c2cc(F)c(C(F)(F)F)cc2F)cc1)c1c[nH]c(-c2ccoc2)c1. The van der Waals surface area contributed by atoms with Gasteiger partial charge in [0.05, 0.1) is 23.8 Å². The predicted molar refractivity (Wildman–Crippen MR) is 106 cm³/mol. The molecule has 0 aliphatic heterocycles. The van der Waals surface area contributed by atoms with E-state index < -0.39 is 33.4 Å². The van der Waals surface area contributed by atoms with Crippen LogP contribution >= 0.6 is 0 Å². The van der Waals surface area contributed by atoms with Crippen LogP contribution in [0.4, 0.5) is 27.6 Å². The summed E-state index contributed by atoms with van der Waals surface area (Å²) in [5.74, 6) is -2.87. The summed E-state index contributed by atoms with van der Waals surface area (Å²) >= 11 is 0. The number of alkyl halides is 3. The van der Waals surface area contributed by atoms with Gasteiger partial charge in [0.15, 0.2) is 0 Å². The lowest BCUT2D eigenvalue weighted by atomic mass is 10.0. The molecule has 0 spiro atoms. The molecule has 5 nitrogen and oxygen atoms in total. The van der Waals surface area contributed by atoms with Gasteiger partial charge in [0, 0.05) is 23.0 Å². The first-order valence-corrected chi connectivity index (χ1v) is 10.4. The standard InChI is InChI=1S/C21H13F5N2O3S/c22-18-9-17(21(24,25)26)19(23)8-16(18)12-1-3-14(4-2-12)28-32(29,30)15-7-20(27-10-15)13-5-6-31-11-13/h1-11,27-28H. The van der Waals surface area contributed by atoms with Gasteiger partial charge in [-0.1, -0.05) is 12.1 Å². The lowest BCUT2D eigenvalue weighted by Gasteiger charge is -2.12. The monoisotopic (exact) mass is 468 g/mol. The number of aromatic nitrogens is 1. The molecular weight excluding hydrogens is 455 g/mol. The molecule has 2 N–H and O–H groups in total. The highest BCUT2D eigenvalue weighted by molar-refractivity contribution is 7.92. The molecule has 4 rings (SSSR count). The Bertz CT molecular complexity index is 1360. The molecule has 2 aromatic heterocycles. The molecule has 0 saturated carbocycles.